The Morgan fingerprint density at radius 1 is 0.534 bits per heavy atom. The number of phenolic OH excluding ortho intramolecular Hbond substituents is 2. The largest absolute Gasteiger partial charge is 0.506 e. The zero-order chi connectivity index (χ0) is 41.2. The van der Waals surface area contributed by atoms with Crippen molar-refractivity contribution in [1.29, 1.82) is 0 Å². The lowest BCUT2D eigenvalue weighted by atomic mass is 10.1. The molecule has 0 spiro atoms. The van der Waals surface area contributed by atoms with E-state index < -0.39 is 29.2 Å². The van der Waals surface area contributed by atoms with Crippen molar-refractivity contribution < 1.29 is 36.6 Å². The van der Waals surface area contributed by atoms with Gasteiger partial charge < -0.3 is 30.0 Å². The second-order valence-corrected chi connectivity index (χ2v) is 14.2. The molecule has 4 heterocycles. The summed E-state index contributed by atoms with van der Waals surface area (Å²) in [5, 5.41) is 20.1. The first-order valence-electron chi connectivity index (χ1n) is 18.8. The third-order valence-electron chi connectivity index (χ3n) is 10.7. The van der Waals surface area contributed by atoms with Gasteiger partial charge in [-0.3, -0.25) is 18.9 Å². The first-order valence-corrected chi connectivity index (χ1v) is 18.8. The number of nitrogens with one attached hydrogen (secondary N) is 2. The summed E-state index contributed by atoms with van der Waals surface area (Å²) in [5.74, 6) is -0.879. The Balaban J connectivity index is 0.000000177. The van der Waals surface area contributed by atoms with Crippen molar-refractivity contribution in [3.8, 4) is 11.5 Å². The highest BCUT2D eigenvalue weighted by molar-refractivity contribution is 5.75. The molecular weight excluding hydrogens is 770 g/mol. The molecule has 0 radical (unpaired) electrons. The summed E-state index contributed by atoms with van der Waals surface area (Å²) in [6.45, 7) is 6.88. The quantitative estimate of drug-likeness (QED) is 0.143. The molecule has 2 aliphatic heterocycles. The minimum Gasteiger partial charge on any atom is -0.506 e. The minimum absolute atomic E-state index is 0.154. The molecule has 6 aromatic rings. The fourth-order valence-electron chi connectivity index (χ4n) is 7.53. The van der Waals surface area contributed by atoms with Crippen LogP contribution in [0.1, 0.15) is 11.1 Å². The van der Waals surface area contributed by atoms with E-state index in [9.17, 15) is 46.1 Å². The van der Waals surface area contributed by atoms with Crippen molar-refractivity contribution in [2.75, 3.05) is 75.2 Å². The van der Waals surface area contributed by atoms with Gasteiger partial charge >= 0.3 is 23.7 Å². The van der Waals surface area contributed by atoms with E-state index in [1.165, 1.54) is 12.1 Å². The van der Waals surface area contributed by atoms with Crippen LogP contribution in [0, 0.1) is 0 Å². The fourth-order valence-corrected chi connectivity index (χ4v) is 7.53. The highest BCUT2D eigenvalue weighted by Gasteiger charge is 2.36. The van der Waals surface area contributed by atoms with Gasteiger partial charge in [0.05, 0.1) is 44.6 Å². The normalized spacial score (nSPS) is 15.9. The molecule has 2 aliphatic rings. The number of para-hydroxylation sites is 5. The number of phenols is 2. The van der Waals surface area contributed by atoms with E-state index >= 15 is 0 Å². The number of aromatic hydroxyl groups is 2. The predicted molar refractivity (Wildman–Crippen MR) is 209 cm³/mol. The molecule has 0 amide bonds. The van der Waals surface area contributed by atoms with E-state index in [4.69, 9.17) is 0 Å². The van der Waals surface area contributed by atoms with Gasteiger partial charge in [0.2, 0.25) is 0 Å². The summed E-state index contributed by atoms with van der Waals surface area (Å²) in [6.07, 6.45) is -9.04. The summed E-state index contributed by atoms with van der Waals surface area (Å²) >= 11 is 0. The van der Waals surface area contributed by atoms with Gasteiger partial charge in [-0.25, -0.2) is 9.59 Å². The zero-order valence-electron chi connectivity index (χ0n) is 31.2. The number of hydrogen-bond donors (Lipinski definition) is 4. The van der Waals surface area contributed by atoms with Crippen LogP contribution >= 0.6 is 0 Å². The number of imidazole rings is 2. The van der Waals surface area contributed by atoms with Crippen LogP contribution in [0.3, 0.4) is 0 Å². The molecule has 0 unspecified atom stereocenters. The maximum Gasteiger partial charge on any atom is 0.420 e. The molecule has 0 bridgehead atoms. The van der Waals surface area contributed by atoms with Crippen LogP contribution in [0.5, 0.6) is 11.5 Å². The number of fused-ring (bicyclic) bond motifs is 2. The standard InChI is InChI=1S/2C20H21F3N4O2/c21-20(22,23)14-4-3-7-17(18(14)28)26-11-8-25(9-12-26)10-13-27-16-6-2-1-5-15(16)24-19(27)29;21-20(22,23)14-5-6-18(28)17(13-14)26-10-7-25(8-11-26)9-12-27-16-4-2-1-3-15(16)24-19(27)29/h1-7,28H,8-13H2,(H,24,29);1-6,13,28H,7-12H2,(H,24,29). The van der Waals surface area contributed by atoms with Crippen molar-refractivity contribution in [1.82, 2.24) is 28.9 Å². The molecule has 4 aromatic carbocycles. The van der Waals surface area contributed by atoms with Gasteiger partial charge in [-0.05, 0) is 54.6 Å². The fraction of sp³-hybridized carbons (Fsp3) is 0.350. The van der Waals surface area contributed by atoms with Gasteiger partial charge in [-0.1, -0.05) is 30.3 Å². The van der Waals surface area contributed by atoms with E-state index in [1.54, 1.807) is 18.9 Å². The highest BCUT2D eigenvalue weighted by atomic mass is 19.4. The van der Waals surface area contributed by atoms with Crippen LogP contribution in [-0.4, -0.2) is 105 Å². The average Bonchev–Trinajstić information content (AvgIpc) is 3.70. The Bertz CT molecular complexity index is 2360. The lowest BCUT2D eigenvalue weighted by Crippen LogP contribution is -2.47. The number of aromatic amines is 2. The third kappa shape index (κ3) is 8.82. The number of hydrogen-bond acceptors (Lipinski definition) is 8. The number of benzene rings is 4. The summed E-state index contributed by atoms with van der Waals surface area (Å²) in [5.41, 5.74) is 1.60. The van der Waals surface area contributed by atoms with Crippen molar-refractivity contribution in [3.63, 3.8) is 0 Å². The van der Waals surface area contributed by atoms with E-state index in [-0.39, 0.29) is 28.5 Å². The number of alkyl halides is 6. The van der Waals surface area contributed by atoms with Crippen LogP contribution in [-0.2, 0) is 25.4 Å². The van der Waals surface area contributed by atoms with Crippen molar-refractivity contribution >= 4 is 33.4 Å². The minimum atomic E-state index is -4.59. The molecule has 2 fully saturated rings. The lowest BCUT2D eigenvalue weighted by molar-refractivity contribution is -0.139. The SMILES string of the molecule is O=c1[nH]c2ccccc2n1CCN1CCN(c2cc(C(F)(F)F)ccc2O)CC1.O=c1[nH]c2ccccc2n1CCN1CCN(c2cccc(C(F)(F)F)c2O)CC1. The molecule has 2 aromatic heterocycles. The molecule has 12 nitrogen and oxygen atoms in total. The molecular formula is C40H42F6N8O4. The number of aromatic nitrogens is 4. The summed E-state index contributed by atoms with van der Waals surface area (Å²) in [7, 11) is 0. The summed E-state index contributed by atoms with van der Waals surface area (Å²) < 4.78 is 81.4. The van der Waals surface area contributed by atoms with E-state index in [0.29, 0.717) is 78.5 Å². The van der Waals surface area contributed by atoms with Crippen molar-refractivity contribution in [3.05, 3.63) is 117 Å². The van der Waals surface area contributed by atoms with Crippen LogP contribution in [0.4, 0.5) is 37.7 Å². The highest BCUT2D eigenvalue weighted by Crippen LogP contribution is 2.41. The molecule has 0 aliphatic carbocycles. The number of anilines is 2. The number of halogens is 6. The molecule has 0 saturated carbocycles. The smallest absolute Gasteiger partial charge is 0.420 e. The summed E-state index contributed by atoms with van der Waals surface area (Å²) in [4.78, 5) is 37.8. The maximum absolute atomic E-state index is 13.0. The second-order valence-electron chi connectivity index (χ2n) is 14.2. The van der Waals surface area contributed by atoms with Crippen molar-refractivity contribution in [2.24, 2.45) is 0 Å². The Hall–Kier alpha value is -5.88. The van der Waals surface area contributed by atoms with E-state index in [0.717, 1.165) is 46.3 Å². The molecule has 18 heteroatoms. The van der Waals surface area contributed by atoms with Crippen LogP contribution in [0.15, 0.2) is 94.5 Å². The van der Waals surface area contributed by atoms with E-state index in [2.05, 4.69) is 19.8 Å². The predicted octanol–water partition coefficient (Wildman–Crippen LogP) is 5.75. The number of nitrogens with zero attached hydrogens (tertiary/aromatic N) is 6. The number of piperazine rings is 2. The van der Waals surface area contributed by atoms with Gasteiger partial charge in [-0.15, -0.1) is 0 Å². The first kappa shape index (κ1) is 40.3. The monoisotopic (exact) mass is 812 g/mol. The summed E-state index contributed by atoms with van der Waals surface area (Å²) in [6, 6.07) is 21.7. The van der Waals surface area contributed by atoms with Crippen LogP contribution in [0.25, 0.3) is 22.1 Å². The molecule has 2 saturated heterocycles. The maximum atomic E-state index is 13.0. The Labute approximate surface area is 327 Å². The number of H-pyrrole nitrogens is 2. The second kappa shape index (κ2) is 16.5. The number of rotatable bonds is 8. The van der Waals surface area contributed by atoms with Gasteiger partial charge in [0.15, 0.2) is 5.75 Å². The molecule has 58 heavy (non-hydrogen) atoms. The van der Waals surface area contributed by atoms with Gasteiger partial charge in [0.1, 0.15) is 5.75 Å². The Morgan fingerprint density at radius 3 is 1.50 bits per heavy atom. The molecule has 0 atom stereocenters. The molecule has 8 rings (SSSR count). The Morgan fingerprint density at radius 2 is 1.02 bits per heavy atom. The Kier molecular flexibility index (Phi) is 11.5. The van der Waals surface area contributed by atoms with Crippen molar-refractivity contribution in [2.45, 2.75) is 25.4 Å². The first-order chi connectivity index (χ1) is 27.7. The topological polar surface area (TPSA) is 129 Å². The van der Waals surface area contributed by atoms with Crippen LogP contribution in [0.2, 0.25) is 0 Å². The average molecular weight is 813 g/mol. The van der Waals surface area contributed by atoms with Crippen LogP contribution < -0.4 is 21.2 Å². The zero-order valence-corrected chi connectivity index (χ0v) is 31.2. The third-order valence-corrected chi connectivity index (χ3v) is 10.7. The van der Waals surface area contributed by atoms with Gasteiger partial charge in [0, 0.05) is 78.5 Å². The molecule has 308 valence electrons. The van der Waals surface area contributed by atoms with Gasteiger partial charge in [-0.2, -0.15) is 26.3 Å². The van der Waals surface area contributed by atoms with E-state index in [1.807, 2.05) is 48.5 Å². The lowest BCUT2D eigenvalue weighted by Gasteiger charge is -2.36. The molecule has 4 N–H and O–H groups in total. The van der Waals surface area contributed by atoms with Gasteiger partial charge in [0.25, 0.3) is 0 Å².